The number of hydrogen-bond donors (Lipinski definition) is 1. The van der Waals surface area contributed by atoms with Crippen molar-refractivity contribution in [2.24, 2.45) is 0 Å². The highest BCUT2D eigenvalue weighted by atomic mass is 79.9. The molecular weight excluding hydrogens is 334 g/mol. The molecule has 0 saturated heterocycles. The maximum Gasteiger partial charge on any atom is 0.252 e. The monoisotopic (exact) mass is 347 g/mol. The van der Waals surface area contributed by atoms with E-state index < -0.39 is 0 Å². The minimum absolute atomic E-state index is 0.0555. The van der Waals surface area contributed by atoms with Crippen LogP contribution in [0.25, 0.3) is 0 Å². The van der Waals surface area contributed by atoms with E-state index in [1.54, 1.807) is 0 Å². The highest BCUT2D eigenvalue weighted by Gasteiger charge is 2.20. The van der Waals surface area contributed by atoms with Crippen molar-refractivity contribution in [3.63, 3.8) is 0 Å². The number of rotatable bonds is 3. The van der Waals surface area contributed by atoms with Crippen molar-refractivity contribution >= 4 is 37.8 Å². The number of halogens is 2. The van der Waals surface area contributed by atoms with Gasteiger partial charge in [-0.2, -0.15) is 0 Å². The van der Waals surface area contributed by atoms with Crippen LogP contribution in [0.3, 0.4) is 0 Å². The molecule has 1 N–H and O–H groups in total. The summed E-state index contributed by atoms with van der Waals surface area (Å²) in [6, 6.07) is 5.56. The Kier molecular flexibility index (Phi) is 4.56. The standard InChI is InChI=1S/C12H15Br2NO/c1-4-12(2,3)15-11(16)9-7-8(13)5-6-10(9)14/h5-7H,4H2,1-3H3,(H,15,16). The molecule has 0 fully saturated rings. The van der Waals surface area contributed by atoms with Gasteiger partial charge in [-0.25, -0.2) is 0 Å². The van der Waals surface area contributed by atoms with Crippen LogP contribution in [-0.4, -0.2) is 11.4 Å². The summed E-state index contributed by atoms with van der Waals surface area (Å²) >= 11 is 6.74. The number of hydrogen-bond acceptors (Lipinski definition) is 1. The van der Waals surface area contributed by atoms with Crippen LogP contribution in [-0.2, 0) is 0 Å². The summed E-state index contributed by atoms with van der Waals surface area (Å²) < 4.78 is 1.70. The van der Waals surface area contributed by atoms with Crippen LogP contribution < -0.4 is 5.32 Å². The zero-order valence-electron chi connectivity index (χ0n) is 9.60. The first-order chi connectivity index (χ1) is 7.35. The third-order valence-electron chi connectivity index (χ3n) is 2.51. The summed E-state index contributed by atoms with van der Waals surface area (Å²) in [6.07, 6.45) is 0.893. The van der Waals surface area contributed by atoms with Crippen LogP contribution in [0.5, 0.6) is 0 Å². The van der Waals surface area contributed by atoms with Gasteiger partial charge in [-0.1, -0.05) is 22.9 Å². The summed E-state index contributed by atoms with van der Waals surface area (Å²) in [5, 5.41) is 3.00. The molecule has 0 bridgehead atoms. The molecule has 2 nitrogen and oxygen atoms in total. The lowest BCUT2D eigenvalue weighted by atomic mass is 10.0. The Labute approximate surface area is 113 Å². The molecule has 0 aliphatic heterocycles. The fourth-order valence-corrected chi connectivity index (χ4v) is 1.92. The Hall–Kier alpha value is -0.350. The van der Waals surface area contributed by atoms with Crippen molar-refractivity contribution in [2.45, 2.75) is 32.7 Å². The molecule has 0 saturated carbocycles. The van der Waals surface area contributed by atoms with Gasteiger partial charge in [0.25, 0.3) is 5.91 Å². The zero-order valence-corrected chi connectivity index (χ0v) is 12.8. The van der Waals surface area contributed by atoms with E-state index in [-0.39, 0.29) is 11.4 Å². The summed E-state index contributed by atoms with van der Waals surface area (Å²) in [7, 11) is 0. The minimum atomic E-state index is -0.182. The lowest BCUT2D eigenvalue weighted by molar-refractivity contribution is 0.0910. The fraction of sp³-hybridized carbons (Fsp3) is 0.417. The predicted octanol–water partition coefficient (Wildman–Crippen LogP) is 4.13. The van der Waals surface area contributed by atoms with Gasteiger partial charge < -0.3 is 5.32 Å². The number of amides is 1. The molecule has 16 heavy (non-hydrogen) atoms. The highest BCUT2D eigenvalue weighted by Crippen LogP contribution is 2.22. The molecule has 1 aromatic carbocycles. The number of benzene rings is 1. The topological polar surface area (TPSA) is 29.1 Å². The van der Waals surface area contributed by atoms with Gasteiger partial charge in [0, 0.05) is 14.5 Å². The molecule has 1 rings (SSSR count). The molecule has 1 amide bonds. The van der Waals surface area contributed by atoms with Gasteiger partial charge in [0.2, 0.25) is 0 Å². The van der Waals surface area contributed by atoms with Crippen molar-refractivity contribution in [1.82, 2.24) is 5.32 Å². The fourth-order valence-electron chi connectivity index (χ4n) is 1.13. The van der Waals surface area contributed by atoms with E-state index in [4.69, 9.17) is 0 Å². The van der Waals surface area contributed by atoms with Crippen molar-refractivity contribution in [1.29, 1.82) is 0 Å². The third kappa shape index (κ3) is 3.59. The summed E-state index contributed by atoms with van der Waals surface area (Å²) in [4.78, 5) is 12.0. The van der Waals surface area contributed by atoms with E-state index in [0.717, 1.165) is 15.4 Å². The van der Waals surface area contributed by atoms with Crippen molar-refractivity contribution in [3.8, 4) is 0 Å². The van der Waals surface area contributed by atoms with E-state index >= 15 is 0 Å². The Balaban J connectivity index is 2.93. The average Bonchev–Trinajstić information content (AvgIpc) is 2.21. The second-order valence-corrected chi connectivity index (χ2v) is 6.09. The maximum atomic E-state index is 12.0. The van der Waals surface area contributed by atoms with Gasteiger partial charge in [-0.3, -0.25) is 4.79 Å². The van der Waals surface area contributed by atoms with Crippen molar-refractivity contribution < 1.29 is 4.79 Å². The van der Waals surface area contributed by atoms with E-state index in [9.17, 15) is 4.79 Å². The third-order valence-corrected chi connectivity index (χ3v) is 3.69. The molecule has 0 aliphatic rings. The lowest BCUT2D eigenvalue weighted by Gasteiger charge is -2.24. The molecule has 0 spiro atoms. The van der Waals surface area contributed by atoms with Crippen LogP contribution in [0.2, 0.25) is 0 Å². The average molecular weight is 349 g/mol. The van der Waals surface area contributed by atoms with Gasteiger partial charge >= 0.3 is 0 Å². The Morgan fingerprint density at radius 2 is 2.00 bits per heavy atom. The number of carbonyl (C=O) groups excluding carboxylic acids is 1. The number of nitrogens with one attached hydrogen (secondary N) is 1. The second kappa shape index (κ2) is 5.32. The van der Waals surface area contributed by atoms with Crippen LogP contribution in [0.1, 0.15) is 37.6 Å². The van der Waals surface area contributed by atoms with Gasteiger partial charge in [0.15, 0.2) is 0 Å². The van der Waals surface area contributed by atoms with Gasteiger partial charge in [-0.05, 0) is 54.4 Å². The Morgan fingerprint density at radius 3 is 2.56 bits per heavy atom. The zero-order chi connectivity index (χ0) is 12.3. The van der Waals surface area contributed by atoms with Gasteiger partial charge in [0.1, 0.15) is 0 Å². The smallest absolute Gasteiger partial charge is 0.252 e. The number of carbonyl (C=O) groups is 1. The summed E-state index contributed by atoms with van der Waals surface area (Å²) in [5.41, 5.74) is 0.467. The van der Waals surface area contributed by atoms with E-state index in [1.165, 1.54) is 0 Å². The normalized spacial score (nSPS) is 11.3. The Morgan fingerprint density at radius 1 is 1.38 bits per heavy atom. The molecule has 0 unspecified atom stereocenters. The van der Waals surface area contributed by atoms with Crippen molar-refractivity contribution in [3.05, 3.63) is 32.7 Å². The van der Waals surface area contributed by atoms with E-state index in [0.29, 0.717) is 5.56 Å². The second-order valence-electron chi connectivity index (χ2n) is 4.32. The Bertz CT molecular complexity index is 402. The van der Waals surface area contributed by atoms with Crippen molar-refractivity contribution in [2.75, 3.05) is 0 Å². The first kappa shape index (κ1) is 13.7. The molecule has 0 aromatic heterocycles. The van der Waals surface area contributed by atoms with Gasteiger partial charge in [-0.15, -0.1) is 0 Å². The summed E-state index contributed by atoms with van der Waals surface area (Å²) in [6.45, 7) is 6.07. The van der Waals surface area contributed by atoms with Gasteiger partial charge in [0.05, 0.1) is 5.56 Å². The maximum absolute atomic E-state index is 12.0. The molecule has 0 heterocycles. The summed E-state index contributed by atoms with van der Waals surface area (Å²) in [5.74, 6) is -0.0555. The molecule has 4 heteroatoms. The van der Waals surface area contributed by atoms with Crippen LogP contribution in [0.4, 0.5) is 0 Å². The predicted molar refractivity (Wildman–Crippen MR) is 73.7 cm³/mol. The molecule has 0 aliphatic carbocycles. The first-order valence-corrected chi connectivity index (χ1v) is 6.72. The van der Waals surface area contributed by atoms with Crippen LogP contribution in [0, 0.1) is 0 Å². The van der Waals surface area contributed by atoms with E-state index in [1.807, 2.05) is 32.0 Å². The first-order valence-electron chi connectivity index (χ1n) is 5.13. The van der Waals surface area contributed by atoms with E-state index in [2.05, 4.69) is 44.1 Å². The highest BCUT2D eigenvalue weighted by molar-refractivity contribution is 9.11. The molecule has 0 atom stereocenters. The van der Waals surface area contributed by atoms with Crippen LogP contribution in [0.15, 0.2) is 27.1 Å². The lowest BCUT2D eigenvalue weighted by Crippen LogP contribution is -2.42. The molecule has 1 aromatic rings. The molecular formula is C12H15Br2NO. The minimum Gasteiger partial charge on any atom is -0.347 e. The SMILES string of the molecule is CCC(C)(C)NC(=O)c1cc(Br)ccc1Br. The molecule has 0 radical (unpaired) electrons. The van der Waals surface area contributed by atoms with Crippen LogP contribution >= 0.6 is 31.9 Å². The molecule has 88 valence electrons. The quantitative estimate of drug-likeness (QED) is 0.874. The largest absolute Gasteiger partial charge is 0.347 e.